The molecule has 31 heavy (non-hydrogen) atoms. The molecule has 0 saturated heterocycles. The molecule has 2 aromatic carbocycles. The van der Waals surface area contributed by atoms with Gasteiger partial charge in [-0.05, 0) is 51.1 Å². The maximum atomic E-state index is 12.8. The Kier molecular flexibility index (Phi) is 6.73. The monoisotopic (exact) mass is 440 g/mol. The van der Waals surface area contributed by atoms with Crippen LogP contribution in [0.25, 0.3) is 0 Å². The van der Waals surface area contributed by atoms with Crippen molar-refractivity contribution in [3.63, 3.8) is 0 Å². The first kappa shape index (κ1) is 23.4. The minimum atomic E-state index is -4.76. The Hall–Kier alpha value is -3.83. The first-order valence-electron chi connectivity index (χ1n) is 8.78. The molecule has 166 valence electrons. The van der Waals surface area contributed by atoms with Crippen molar-refractivity contribution in [2.75, 3.05) is 10.7 Å². The normalized spacial score (nSPS) is 11.4. The van der Waals surface area contributed by atoms with Crippen LogP contribution < -0.4 is 16.2 Å². The second-order valence-electron chi connectivity index (χ2n) is 7.27. The molecule has 0 bridgehead atoms. The van der Waals surface area contributed by atoms with Crippen LogP contribution in [0.5, 0.6) is 0 Å². The van der Waals surface area contributed by atoms with Crippen LogP contribution in [0, 0.1) is 10.1 Å². The number of halogens is 3. The van der Waals surface area contributed by atoms with Crippen LogP contribution in [0.4, 0.5) is 35.0 Å². The highest BCUT2D eigenvalue weighted by Crippen LogP contribution is 2.34. The summed E-state index contributed by atoms with van der Waals surface area (Å²) < 4.78 is 43.4. The average Bonchev–Trinajstić information content (AvgIpc) is 2.63. The van der Waals surface area contributed by atoms with Gasteiger partial charge in [0.25, 0.3) is 11.6 Å². The summed E-state index contributed by atoms with van der Waals surface area (Å²) in [5, 5.41) is 13.5. The zero-order chi connectivity index (χ0) is 23.4. The number of benzene rings is 2. The first-order chi connectivity index (χ1) is 14.3. The van der Waals surface area contributed by atoms with Gasteiger partial charge in [-0.1, -0.05) is 6.07 Å². The molecule has 0 aliphatic carbocycles. The van der Waals surface area contributed by atoms with Crippen LogP contribution in [0.1, 0.15) is 36.7 Å². The van der Waals surface area contributed by atoms with E-state index in [1.807, 2.05) is 0 Å². The molecule has 0 radical (unpaired) electrons. The quantitative estimate of drug-likeness (QED) is 0.457. The topological polar surface area (TPSA) is 123 Å². The summed E-state index contributed by atoms with van der Waals surface area (Å²) in [6.45, 7) is 5.05. The van der Waals surface area contributed by atoms with E-state index in [1.54, 1.807) is 20.8 Å². The van der Waals surface area contributed by atoms with E-state index in [0.717, 1.165) is 6.07 Å². The fraction of sp³-hybridized carbons (Fsp3) is 0.263. The van der Waals surface area contributed by atoms with Gasteiger partial charge in [0.15, 0.2) is 0 Å². The Bertz CT molecular complexity index is 1000. The summed E-state index contributed by atoms with van der Waals surface area (Å²) in [5.41, 5.74) is 1.60. The largest absolute Gasteiger partial charge is 0.444 e. The standard InChI is InChI=1S/C19H19F3N4O5/c1-18(2,3)31-17(28)23-13-6-4-5-11(9-13)16(27)25-24-14-8-7-12(19(20,21)22)10-15(14)26(29)30/h4-10,24H,1-3H3,(H,23,28)(H,25,27). The number of hydrazine groups is 1. The van der Waals surface area contributed by atoms with Crippen LogP contribution >= 0.6 is 0 Å². The lowest BCUT2D eigenvalue weighted by molar-refractivity contribution is -0.384. The molecule has 2 aromatic rings. The van der Waals surface area contributed by atoms with E-state index in [-0.39, 0.29) is 16.9 Å². The molecule has 0 spiro atoms. The number of hydrogen-bond acceptors (Lipinski definition) is 6. The summed E-state index contributed by atoms with van der Waals surface area (Å²) in [6.07, 6.45) is -5.49. The number of amides is 2. The van der Waals surface area contributed by atoms with Crippen LogP contribution in [0.2, 0.25) is 0 Å². The molecule has 12 heteroatoms. The Balaban J connectivity index is 2.11. The Morgan fingerprint density at radius 1 is 1.06 bits per heavy atom. The average molecular weight is 440 g/mol. The molecule has 0 fully saturated rings. The van der Waals surface area contributed by atoms with E-state index >= 15 is 0 Å². The summed E-state index contributed by atoms with van der Waals surface area (Å²) in [5.74, 6) is -0.748. The number of carbonyl (C=O) groups is 2. The predicted octanol–water partition coefficient (Wildman–Crippen LogP) is 4.72. The summed E-state index contributed by atoms with van der Waals surface area (Å²) in [4.78, 5) is 34.2. The van der Waals surface area contributed by atoms with E-state index in [0.29, 0.717) is 12.1 Å². The number of anilines is 2. The SMILES string of the molecule is CC(C)(C)OC(=O)Nc1cccc(C(=O)NNc2ccc(C(F)(F)F)cc2[N+](=O)[O-])c1. The molecule has 0 saturated carbocycles. The number of alkyl halides is 3. The van der Waals surface area contributed by atoms with Gasteiger partial charge >= 0.3 is 12.3 Å². The van der Waals surface area contributed by atoms with Gasteiger partial charge in [0.1, 0.15) is 11.3 Å². The smallest absolute Gasteiger partial charge is 0.416 e. The summed E-state index contributed by atoms with van der Waals surface area (Å²) in [7, 11) is 0. The van der Waals surface area contributed by atoms with Gasteiger partial charge in [-0.15, -0.1) is 0 Å². The number of nitro groups is 1. The van der Waals surface area contributed by atoms with Crippen molar-refractivity contribution >= 4 is 29.1 Å². The van der Waals surface area contributed by atoms with Crippen molar-refractivity contribution in [3.8, 4) is 0 Å². The highest BCUT2D eigenvalue weighted by molar-refractivity contribution is 5.97. The zero-order valence-electron chi connectivity index (χ0n) is 16.7. The van der Waals surface area contributed by atoms with Gasteiger partial charge in [0.2, 0.25) is 0 Å². The second kappa shape index (κ2) is 8.90. The molecule has 0 aliphatic rings. The lowest BCUT2D eigenvalue weighted by Crippen LogP contribution is -2.30. The number of rotatable bonds is 5. The fourth-order valence-corrected chi connectivity index (χ4v) is 2.32. The molecule has 2 rings (SSSR count). The van der Waals surface area contributed by atoms with E-state index in [2.05, 4.69) is 16.2 Å². The van der Waals surface area contributed by atoms with Gasteiger partial charge in [-0.25, -0.2) is 4.79 Å². The third-order valence-corrected chi connectivity index (χ3v) is 3.60. The molecular weight excluding hydrogens is 421 g/mol. The van der Waals surface area contributed by atoms with Crippen LogP contribution in [-0.2, 0) is 10.9 Å². The molecule has 0 aromatic heterocycles. The van der Waals surface area contributed by atoms with Crippen LogP contribution in [0.15, 0.2) is 42.5 Å². The highest BCUT2D eigenvalue weighted by atomic mass is 19.4. The van der Waals surface area contributed by atoms with Crippen molar-refractivity contribution < 1.29 is 32.4 Å². The van der Waals surface area contributed by atoms with Crippen molar-refractivity contribution in [2.45, 2.75) is 32.5 Å². The lowest BCUT2D eigenvalue weighted by Gasteiger charge is -2.19. The molecule has 2 amide bonds. The van der Waals surface area contributed by atoms with Crippen LogP contribution in [0.3, 0.4) is 0 Å². The molecule has 3 N–H and O–H groups in total. The Morgan fingerprint density at radius 3 is 2.32 bits per heavy atom. The molecule has 9 nitrogen and oxygen atoms in total. The minimum absolute atomic E-state index is 0.0654. The second-order valence-corrected chi connectivity index (χ2v) is 7.27. The number of nitrogens with zero attached hydrogens (tertiary/aromatic N) is 1. The van der Waals surface area contributed by atoms with Crippen LogP contribution in [-0.4, -0.2) is 22.5 Å². The zero-order valence-corrected chi connectivity index (χ0v) is 16.7. The number of hydrogen-bond donors (Lipinski definition) is 3. The third kappa shape index (κ3) is 6.87. The van der Waals surface area contributed by atoms with E-state index in [1.165, 1.54) is 24.3 Å². The number of nitro benzene ring substituents is 1. The maximum absolute atomic E-state index is 12.8. The molecule has 0 atom stereocenters. The predicted molar refractivity (Wildman–Crippen MR) is 105 cm³/mol. The molecule has 0 aliphatic heterocycles. The van der Waals surface area contributed by atoms with Gasteiger partial charge in [0.05, 0.1) is 10.5 Å². The number of ether oxygens (including phenoxy) is 1. The Morgan fingerprint density at radius 2 is 1.74 bits per heavy atom. The van der Waals surface area contributed by atoms with Gasteiger partial charge in [0, 0.05) is 17.3 Å². The van der Waals surface area contributed by atoms with Gasteiger partial charge in [-0.2, -0.15) is 13.2 Å². The van der Waals surface area contributed by atoms with E-state index in [4.69, 9.17) is 4.74 Å². The van der Waals surface area contributed by atoms with Gasteiger partial charge in [-0.3, -0.25) is 31.1 Å². The third-order valence-electron chi connectivity index (χ3n) is 3.60. The van der Waals surface area contributed by atoms with E-state index in [9.17, 15) is 32.9 Å². The lowest BCUT2D eigenvalue weighted by atomic mass is 10.1. The van der Waals surface area contributed by atoms with Crippen molar-refractivity contribution in [1.29, 1.82) is 0 Å². The first-order valence-corrected chi connectivity index (χ1v) is 8.78. The molecular formula is C19H19F3N4O5. The van der Waals surface area contributed by atoms with Gasteiger partial charge < -0.3 is 4.74 Å². The van der Waals surface area contributed by atoms with Crippen molar-refractivity contribution in [3.05, 3.63) is 63.7 Å². The summed E-state index contributed by atoms with van der Waals surface area (Å²) in [6, 6.07) is 7.55. The maximum Gasteiger partial charge on any atom is 0.416 e. The summed E-state index contributed by atoms with van der Waals surface area (Å²) >= 11 is 0. The minimum Gasteiger partial charge on any atom is -0.444 e. The molecule has 0 unspecified atom stereocenters. The number of carbonyl (C=O) groups excluding carboxylic acids is 2. The van der Waals surface area contributed by atoms with Crippen molar-refractivity contribution in [1.82, 2.24) is 5.43 Å². The fourth-order valence-electron chi connectivity index (χ4n) is 2.32. The van der Waals surface area contributed by atoms with Crippen molar-refractivity contribution in [2.24, 2.45) is 0 Å². The molecule has 0 heterocycles. The number of nitrogens with one attached hydrogen (secondary N) is 3. The van der Waals surface area contributed by atoms with E-state index < -0.39 is 40.0 Å². The Labute approximate surface area is 174 Å². The highest BCUT2D eigenvalue weighted by Gasteiger charge is 2.33.